The standard InChI is InChI=1S/C15H31N3/c1-11(2)12-13(17-9-8-16-12)18-15(6,7)10-14(3,4)5/h11-12,16H,8-10H2,1-7H3,(H,17,18)/t12-/m0/s1. The fraction of sp³-hybridized carbons (Fsp3) is 0.933. The molecule has 0 bridgehead atoms. The lowest BCUT2D eigenvalue weighted by molar-refractivity contribution is 0.262. The van der Waals surface area contributed by atoms with E-state index >= 15 is 0 Å². The number of nitrogens with zero attached hydrogens (tertiary/aromatic N) is 1. The smallest absolute Gasteiger partial charge is 0.114 e. The number of hydrogen-bond acceptors (Lipinski definition) is 3. The first-order valence-electron chi connectivity index (χ1n) is 7.17. The summed E-state index contributed by atoms with van der Waals surface area (Å²) in [6.07, 6.45) is 1.13. The average Bonchev–Trinajstić information content (AvgIpc) is 2.13. The van der Waals surface area contributed by atoms with E-state index in [-0.39, 0.29) is 5.54 Å². The molecule has 1 atom stereocenters. The maximum Gasteiger partial charge on any atom is 0.114 e. The number of amidine groups is 1. The number of hydrogen-bond donors (Lipinski definition) is 2. The normalized spacial score (nSPS) is 22.0. The zero-order chi connectivity index (χ0) is 14.0. The molecule has 0 saturated heterocycles. The highest BCUT2D eigenvalue weighted by Crippen LogP contribution is 2.27. The summed E-state index contributed by atoms with van der Waals surface area (Å²) < 4.78 is 0. The molecule has 0 radical (unpaired) electrons. The second-order valence-electron chi connectivity index (χ2n) is 7.69. The van der Waals surface area contributed by atoms with Gasteiger partial charge in [-0.05, 0) is 31.6 Å². The van der Waals surface area contributed by atoms with Crippen LogP contribution in [-0.2, 0) is 0 Å². The van der Waals surface area contributed by atoms with Crippen molar-refractivity contribution in [1.82, 2.24) is 10.6 Å². The van der Waals surface area contributed by atoms with Gasteiger partial charge in [-0.2, -0.15) is 0 Å². The van der Waals surface area contributed by atoms with Gasteiger partial charge in [0.1, 0.15) is 5.84 Å². The molecule has 3 heteroatoms. The van der Waals surface area contributed by atoms with Gasteiger partial charge in [-0.25, -0.2) is 0 Å². The molecule has 0 aromatic heterocycles. The summed E-state index contributed by atoms with van der Waals surface area (Å²) >= 11 is 0. The first-order valence-corrected chi connectivity index (χ1v) is 7.17. The van der Waals surface area contributed by atoms with Crippen LogP contribution < -0.4 is 10.6 Å². The molecule has 1 rings (SSSR count). The van der Waals surface area contributed by atoms with Crippen LogP contribution in [0.1, 0.15) is 54.9 Å². The summed E-state index contributed by atoms with van der Waals surface area (Å²) in [6, 6.07) is 0.373. The summed E-state index contributed by atoms with van der Waals surface area (Å²) in [5.74, 6) is 1.72. The predicted molar refractivity (Wildman–Crippen MR) is 80.2 cm³/mol. The number of aliphatic imine (C=N–C) groups is 1. The molecular formula is C15H31N3. The molecule has 1 aliphatic heterocycles. The van der Waals surface area contributed by atoms with E-state index in [2.05, 4.69) is 59.1 Å². The topological polar surface area (TPSA) is 36.4 Å². The van der Waals surface area contributed by atoms with Crippen LogP contribution >= 0.6 is 0 Å². The van der Waals surface area contributed by atoms with Gasteiger partial charge in [0.2, 0.25) is 0 Å². The first kappa shape index (κ1) is 15.5. The molecule has 0 spiro atoms. The number of nitrogens with one attached hydrogen (secondary N) is 2. The molecule has 0 aromatic carbocycles. The van der Waals surface area contributed by atoms with Crippen molar-refractivity contribution in [3.05, 3.63) is 0 Å². The molecule has 106 valence electrons. The van der Waals surface area contributed by atoms with E-state index in [1.165, 1.54) is 0 Å². The molecule has 18 heavy (non-hydrogen) atoms. The van der Waals surface area contributed by atoms with Crippen LogP contribution in [0.2, 0.25) is 0 Å². The highest BCUT2D eigenvalue weighted by Gasteiger charge is 2.30. The Balaban J connectivity index is 2.72. The Morgan fingerprint density at radius 3 is 2.39 bits per heavy atom. The van der Waals surface area contributed by atoms with Crippen LogP contribution in [0.25, 0.3) is 0 Å². The van der Waals surface area contributed by atoms with E-state index in [4.69, 9.17) is 4.99 Å². The maximum absolute atomic E-state index is 4.69. The van der Waals surface area contributed by atoms with Crippen molar-refractivity contribution in [2.45, 2.75) is 66.5 Å². The van der Waals surface area contributed by atoms with Crippen LogP contribution in [0.5, 0.6) is 0 Å². The van der Waals surface area contributed by atoms with Gasteiger partial charge in [0.05, 0.1) is 12.6 Å². The molecule has 0 amide bonds. The summed E-state index contributed by atoms with van der Waals surface area (Å²) in [6.45, 7) is 17.8. The SMILES string of the molecule is CC(C)[C@@H]1NCCN=C1NC(C)(C)CC(C)(C)C. The Bertz CT molecular complexity index is 297. The Hall–Kier alpha value is -0.570. The van der Waals surface area contributed by atoms with Crippen LogP contribution in [0.3, 0.4) is 0 Å². The summed E-state index contributed by atoms with van der Waals surface area (Å²) in [4.78, 5) is 4.69. The van der Waals surface area contributed by atoms with E-state index < -0.39 is 0 Å². The third-order valence-electron chi connectivity index (χ3n) is 3.16. The first-order chi connectivity index (χ1) is 8.11. The highest BCUT2D eigenvalue weighted by atomic mass is 15.1. The zero-order valence-corrected chi connectivity index (χ0v) is 13.2. The lowest BCUT2D eigenvalue weighted by Crippen LogP contribution is -2.57. The van der Waals surface area contributed by atoms with Gasteiger partial charge in [0, 0.05) is 12.1 Å². The Morgan fingerprint density at radius 2 is 1.89 bits per heavy atom. The van der Waals surface area contributed by atoms with Crippen LogP contribution in [0.15, 0.2) is 4.99 Å². The van der Waals surface area contributed by atoms with E-state index in [1.54, 1.807) is 0 Å². The largest absolute Gasteiger partial charge is 0.368 e. The van der Waals surface area contributed by atoms with Crippen molar-refractivity contribution in [3.8, 4) is 0 Å². The second kappa shape index (κ2) is 5.60. The highest BCUT2D eigenvalue weighted by molar-refractivity contribution is 5.88. The fourth-order valence-electron chi connectivity index (χ4n) is 2.98. The van der Waals surface area contributed by atoms with Gasteiger partial charge < -0.3 is 10.6 Å². The molecule has 0 aliphatic carbocycles. The summed E-state index contributed by atoms with van der Waals surface area (Å²) in [5.41, 5.74) is 0.412. The average molecular weight is 253 g/mol. The molecule has 3 nitrogen and oxygen atoms in total. The van der Waals surface area contributed by atoms with Crippen LogP contribution in [0.4, 0.5) is 0 Å². The van der Waals surface area contributed by atoms with Gasteiger partial charge >= 0.3 is 0 Å². The fourth-order valence-corrected chi connectivity index (χ4v) is 2.98. The third kappa shape index (κ3) is 4.97. The maximum atomic E-state index is 4.69. The molecule has 1 aliphatic rings. The van der Waals surface area contributed by atoms with E-state index in [0.717, 1.165) is 25.3 Å². The Morgan fingerprint density at radius 1 is 1.28 bits per heavy atom. The Labute approximate surface area is 113 Å². The lowest BCUT2D eigenvalue weighted by atomic mass is 9.81. The molecule has 2 N–H and O–H groups in total. The third-order valence-corrected chi connectivity index (χ3v) is 3.16. The minimum Gasteiger partial charge on any atom is -0.368 e. The molecule has 0 saturated carbocycles. The van der Waals surface area contributed by atoms with Crippen molar-refractivity contribution in [2.24, 2.45) is 16.3 Å². The van der Waals surface area contributed by atoms with E-state index in [9.17, 15) is 0 Å². The predicted octanol–water partition coefficient (Wildman–Crippen LogP) is 2.82. The van der Waals surface area contributed by atoms with E-state index in [0.29, 0.717) is 17.4 Å². The zero-order valence-electron chi connectivity index (χ0n) is 13.2. The van der Waals surface area contributed by atoms with Gasteiger partial charge in [0.15, 0.2) is 0 Å². The van der Waals surface area contributed by atoms with Crippen molar-refractivity contribution >= 4 is 5.84 Å². The van der Waals surface area contributed by atoms with Crippen molar-refractivity contribution in [2.75, 3.05) is 13.1 Å². The summed E-state index contributed by atoms with van der Waals surface area (Å²) in [7, 11) is 0. The van der Waals surface area contributed by atoms with E-state index in [1.807, 2.05) is 0 Å². The summed E-state index contributed by atoms with van der Waals surface area (Å²) in [5, 5.41) is 7.23. The minimum atomic E-state index is 0.0866. The van der Waals surface area contributed by atoms with Crippen molar-refractivity contribution in [1.29, 1.82) is 0 Å². The molecule has 0 aromatic rings. The minimum absolute atomic E-state index is 0.0866. The molecule has 1 heterocycles. The monoisotopic (exact) mass is 253 g/mol. The van der Waals surface area contributed by atoms with Crippen molar-refractivity contribution in [3.63, 3.8) is 0 Å². The lowest BCUT2D eigenvalue weighted by Gasteiger charge is -2.38. The van der Waals surface area contributed by atoms with Crippen LogP contribution in [0, 0.1) is 11.3 Å². The Kier molecular flexibility index (Phi) is 4.82. The van der Waals surface area contributed by atoms with Gasteiger partial charge in [-0.15, -0.1) is 0 Å². The van der Waals surface area contributed by atoms with Gasteiger partial charge in [-0.1, -0.05) is 34.6 Å². The van der Waals surface area contributed by atoms with Gasteiger partial charge in [0.25, 0.3) is 0 Å². The molecule has 0 fully saturated rings. The number of rotatable bonds is 3. The second-order valence-corrected chi connectivity index (χ2v) is 7.69. The molecular weight excluding hydrogens is 222 g/mol. The quantitative estimate of drug-likeness (QED) is 0.811. The molecule has 0 unspecified atom stereocenters. The van der Waals surface area contributed by atoms with Gasteiger partial charge in [-0.3, -0.25) is 4.99 Å². The van der Waals surface area contributed by atoms with Crippen LogP contribution in [-0.4, -0.2) is 30.5 Å². The van der Waals surface area contributed by atoms with Crippen molar-refractivity contribution < 1.29 is 0 Å².